The molecule has 2 aromatic carbocycles. The fraction of sp³-hybridized carbons (Fsp3) is 0.316. The first-order valence-electron chi connectivity index (χ1n) is 8.37. The first-order chi connectivity index (χ1) is 11.8. The topological polar surface area (TPSA) is 70.4 Å². The van der Waals surface area contributed by atoms with Crippen LogP contribution < -0.4 is 16.6 Å². The predicted octanol–water partition coefficient (Wildman–Crippen LogP) is 1.91. The summed E-state index contributed by atoms with van der Waals surface area (Å²) in [4.78, 5) is 14.5. The van der Waals surface area contributed by atoms with Crippen LogP contribution in [0.15, 0.2) is 54.6 Å². The number of anilines is 1. The van der Waals surface area contributed by atoms with Crippen LogP contribution in [0.3, 0.4) is 0 Å². The maximum atomic E-state index is 12.1. The van der Waals surface area contributed by atoms with E-state index in [9.17, 15) is 4.79 Å². The number of hydrogen-bond donors (Lipinski definition) is 3. The lowest BCUT2D eigenvalue weighted by Crippen LogP contribution is -2.45. The highest BCUT2D eigenvalue weighted by atomic mass is 16.2. The van der Waals surface area contributed by atoms with Crippen LogP contribution in [-0.4, -0.2) is 29.9 Å². The van der Waals surface area contributed by atoms with Crippen LogP contribution in [-0.2, 0) is 17.8 Å². The van der Waals surface area contributed by atoms with Gasteiger partial charge in [0.05, 0.1) is 0 Å². The van der Waals surface area contributed by atoms with Gasteiger partial charge in [-0.15, -0.1) is 0 Å². The minimum Gasteiger partial charge on any atom is -0.374 e. The van der Waals surface area contributed by atoms with Gasteiger partial charge < -0.3 is 5.32 Å². The lowest BCUT2D eigenvalue weighted by atomic mass is 9.99. The van der Waals surface area contributed by atoms with Gasteiger partial charge in [0.25, 0.3) is 5.91 Å². The van der Waals surface area contributed by atoms with Gasteiger partial charge in [0.2, 0.25) is 0 Å². The average molecular weight is 324 g/mol. The SMILES string of the molecule is NNC(=O)C(CCN1CCc2ccccc2C1)Nc1ccccc1. The maximum absolute atomic E-state index is 12.1. The third-order valence-corrected chi connectivity index (χ3v) is 4.52. The van der Waals surface area contributed by atoms with Crippen LogP contribution in [0, 0.1) is 0 Å². The molecule has 0 spiro atoms. The van der Waals surface area contributed by atoms with E-state index in [-0.39, 0.29) is 11.9 Å². The van der Waals surface area contributed by atoms with Crippen LogP contribution in [0.2, 0.25) is 0 Å². The van der Waals surface area contributed by atoms with Crippen molar-refractivity contribution >= 4 is 11.6 Å². The van der Waals surface area contributed by atoms with Gasteiger partial charge in [-0.25, -0.2) is 5.84 Å². The molecule has 1 amide bonds. The number of para-hydroxylation sites is 1. The zero-order valence-electron chi connectivity index (χ0n) is 13.7. The molecule has 1 unspecified atom stereocenters. The van der Waals surface area contributed by atoms with Crippen molar-refractivity contribution in [3.8, 4) is 0 Å². The average Bonchev–Trinajstić information content (AvgIpc) is 2.65. The summed E-state index contributed by atoms with van der Waals surface area (Å²) in [5, 5.41) is 3.27. The molecule has 1 aliphatic rings. The molecule has 1 atom stereocenters. The smallest absolute Gasteiger partial charge is 0.256 e. The number of fused-ring (bicyclic) bond motifs is 1. The highest BCUT2D eigenvalue weighted by Crippen LogP contribution is 2.19. The molecule has 0 fully saturated rings. The van der Waals surface area contributed by atoms with E-state index >= 15 is 0 Å². The molecule has 0 aromatic heterocycles. The molecule has 0 aliphatic carbocycles. The van der Waals surface area contributed by atoms with Crippen molar-refractivity contribution in [1.82, 2.24) is 10.3 Å². The largest absolute Gasteiger partial charge is 0.374 e. The summed E-state index contributed by atoms with van der Waals surface area (Å²) in [7, 11) is 0. The van der Waals surface area contributed by atoms with E-state index in [1.54, 1.807) is 0 Å². The second-order valence-electron chi connectivity index (χ2n) is 6.16. The monoisotopic (exact) mass is 324 g/mol. The summed E-state index contributed by atoms with van der Waals surface area (Å²) in [6.07, 6.45) is 1.77. The Balaban J connectivity index is 1.59. The van der Waals surface area contributed by atoms with Crippen molar-refractivity contribution in [2.45, 2.75) is 25.4 Å². The molecule has 0 bridgehead atoms. The molecule has 0 saturated carbocycles. The fourth-order valence-electron chi connectivity index (χ4n) is 3.16. The summed E-state index contributed by atoms with van der Waals surface area (Å²) in [6, 6.07) is 18.0. The molecule has 0 saturated heterocycles. The van der Waals surface area contributed by atoms with Crippen molar-refractivity contribution < 1.29 is 4.79 Å². The number of benzene rings is 2. The predicted molar refractivity (Wildman–Crippen MR) is 96.2 cm³/mol. The standard InChI is InChI=1S/C19H24N4O/c20-22-19(24)18(21-17-8-2-1-3-9-17)11-13-23-12-10-15-6-4-5-7-16(15)14-23/h1-9,18,21H,10-14,20H2,(H,22,24). The lowest BCUT2D eigenvalue weighted by Gasteiger charge is -2.30. The fourth-order valence-corrected chi connectivity index (χ4v) is 3.16. The third-order valence-electron chi connectivity index (χ3n) is 4.52. The van der Waals surface area contributed by atoms with E-state index < -0.39 is 0 Å². The maximum Gasteiger partial charge on any atom is 0.256 e. The van der Waals surface area contributed by atoms with Gasteiger partial charge in [0, 0.05) is 25.3 Å². The summed E-state index contributed by atoms with van der Waals surface area (Å²) >= 11 is 0. The Labute approximate surface area is 142 Å². The number of carbonyl (C=O) groups is 1. The minimum absolute atomic E-state index is 0.184. The first kappa shape index (κ1) is 16.5. The van der Waals surface area contributed by atoms with Crippen molar-refractivity contribution in [3.05, 3.63) is 65.7 Å². The van der Waals surface area contributed by atoms with E-state index in [1.165, 1.54) is 11.1 Å². The molecule has 4 N–H and O–H groups in total. The number of rotatable bonds is 6. The van der Waals surface area contributed by atoms with Crippen LogP contribution in [0.1, 0.15) is 17.5 Å². The van der Waals surface area contributed by atoms with Crippen LogP contribution in [0.5, 0.6) is 0 Å². The van der Waals surface area contributed by atoms with Crippen LogP contribution >= 0.6 is 0 Å². The second kappa shape index (κ2) is 7.95. The van der Waals surface area contributed by atoms with Crippen molar-refractivity contribution in [2.75, 3.05) is 18.4 Å². The van der Waals surface area contributed by atoms with Gasteiger partial charge in [-0.2, -0.15) is 0 Å². The zero-order chi connectivity index (χ0) is 16.8. The molecule has 3 rings (SSSR count). The van der Waals surface area contributed by atoms with Crippen molar-refractivity contribution in [1.29, 1.82) is 0 Å². The number of amides is 1. The normalized spacial score (nSPS) is 15.4. The van der Waals surface area contributed by atoms with Crippen molar-refractivity contribution in [3.63, 3.8) is 0 Å². The molecule has 5 nitrogen and oxygen atoms in total. The third kappa shape index (κ3) is 4.13. The molecular weight excluding hydrogens is 300 g/mol. The molecule has 5 heteroatoms. The Morgan fingerprint density at radius 2 is 1.79 bits per heavy atom. The molecular formula is C19H24N4O. The van der Waals surface area contributed by atoms with Gasteiger partial charge in [-0.3, -0.25) is 15.1 Å². The number of nitrogens with one attached hydrogen (secondary N) is 2. The number of nitrogens with zero attached hydrogens (tertiary/aromatic N) is 1. The molecule has 24 heavy (non-hydrogen) atoms. The molecule has 1 heterocycles. The summed E-state index contributed by atoms with van der Waals surface area (Å²) in [5.74, 6) is 5.16. The molecule has 126 valence electrons. The Kier molecular flexibility index (Phi) is 5.46. The van der Waals surface area contributed by atoms with Gasteiger partial charge in [-0.05, 0) is 36.1 Å². The van der Waals surface area contributed by atoms with E-state index in [0.29, 0.717) is 6.42 Å². The van der Waals surface area contributed by atoms with Gasteiger partial charge in [0.15, 0.2) is 0 Å². The first-order valence-corrected chi connectivity index (χ1v) is 8.37. The zero-order valence-corrected chi connectivity index (χ0v) is 13.7. The van der Waals surface area contributed by atoms with Gasteiger partial charge >= 0.3 is 0 Å². The van der Waals surface area contributed by atoms with Crippen LogP contribution in [0.25, 0.3) is 0 Å². The van der Waals surface area contributed by atoms with Gasteiger partial charge in [0.1, 0.15) is 6.04 Å². The summed E-state index contributed by atoms with van der Waals surface area (Å²) in [6.45, 7) is 2.82. The number of nitrogens with two attached hydrogens (primary N) is 1. The summed E-state index contributed by atoms with van der Waals surface area (Å²) in [5.41, 5.74) is 6.02. The number of hydrogen-bond acceptors (Lipinski definition) is 4. The highest BCUT2D eigenvalue weighted by Gasteiger charge is 2.21. The highest BCUT2D eigenvalue weighted by molar-refractivity contribution is 5.84. The van der Waals surface area contributed by atoms with E-state index in [2.05, 4.69) is 39.9 Å². The Bertz CT molecular complexity index is 674. The van der Waals surface area contributed by atoms with E-state index in [4.69, 9.17) is 5.84 Å². The summed E-state index contributed by atoms with van der Waals surface area (Å²) < 4.78 is 0. The Morgan fingerprint density at radius 3 is 2.54 bits per heavy atom. The molecule has 0 radical (unpaired) electrons. The lowest BCUT2D eigenvalue weighted by molar-refractivity contribution is -0.122. The second-order valence-corrected chi connectivity index (χ2v) is 6.16. The van der Waals surface area contributed by atoms with E-state index in [1.807, 2.05) is 30.3 Å². The molecule has 1 aliphatic heterocycles. The Morgan fingerprint density at radius 1 is 1.08 bits per heavy atom. The van der Waals surface area contributed by atoms with Crippen molar-refractivity contribution in [2.24, 2.45) is 5.84 Å². The number of hydrazine groups is 1. The quantitative estimate of drug-likeness (QED) is 0.431. The minimum atomic E-state index is -0.338. The number of carbonyl (C=O) groups excluding carboxylic acids is 1. The van der Waals surface area contributed by atoms with E-state index in [0.717, 1.165) is 31.7 Å². The Hall–Kier alpha value is -2.37. The van der Waals surface area contributed by atoms with Crippen LogP contribution in [0.4, 0.5) is 5.69 Å². The molecule has 2 aromatic rings. The van der Waals surface area contributed by atoms with Gasteiger partial charge in [-0.1, -0.05) is 42.5 Å².